The Balaban J connectivity index is 0. The van der Waals surface area contributed by atoms with Gasteiger partial charge in [-0.25, -0.2) is 4.79 Å². The highest BCUT2D eigenvalue weighted by Gasteiger charge is 2.02. The van der Waals surface area contributed by atoms with Crippen LogP contribution in [0.1, 0.15) is 65.2 Å². The van der Waals surface area contributed by atoms with E-state index in [0.29, 0.717) is 26.4 Å². The molecule has 0 aromatic heterocycles. The molecule has 0 aliphatic heterocycles. The molecule has 23 heavy (non-hydrogen) atoms. The molecule has 0 atom stereocenters. The number of carbonyl (C=O) groups excluding carboxylic acids is 1. The smallest absolute Gasteiger partial charge is 0.434 e. The maximum atomic E-state index is 11.1. The van der Waals surface area contributed by atoms with Gasteiger partial charge in [0.1, 0.15) is 0 Å². The first kappa shape index (κ1) is 24.4. The lowest BCUT2D eigenvalue weighted by Crippen LogP contribution is -2.09. The van der Waals surface area contributed by atoms with Crippen LogP contribution in [0.2, 0.25) is 0 Å². The molecule has 0 rings (SSSR count). The summed E-state index contributed by atoms with van der Waals surface area (Å²) in [5.74, 6) is 0. The predicted molar refractivity (Wildman–Crippen MR) is 90.6 cm³/mol. The summed E-state index contributed by atoms with van der Waals surface area (Å²) in [6.07, 6.45) is 8.43. The summed E-state index contributed by atoms with van der Waals surface area (Å²) in [6.45, 7) is 6.00. The molecule has 0 aromatic rings. The molecule has 0 fully saturated rings. The fraction of sp³-hybridized carbons (Fsp3) is 0.941. The highest BCUT2D eigenvalue weighted by Crippen LogP contribution is 2.01. The van der Waals surface area contributed by atoms with Gasteiger partial charge in [-0.3, -0.25) is 0 Å². The standard InChI is InChI=1S/C13H26O3.C4H10O3/c1-3-5-7-9-11-15-13(14)16-12-10-8-6-4-2;5-1-3-7-4-2-6/h3-12H2,1-2H3;5-6H,1-4H2. The quantitative estimate of drug-likeness (QED) is 0.374. The van der Waals surface area contributed by atoms with Gasteiger partial charge in [-0.1, -0.05) is 52.4 Å². The van der Waals surface area contributed by atoms with Crippen molar-refractivity contribution in [2.45, 2.75) is 65.2 Å². The topological polar surface area (TPSA) is 85.2 Å². The fourth-order valence-electron chi connectivity index (χ4n) is 1.64. The van der Waals surface area contributed by atoms with Gasteiger partial charge in [-0.05, 0) is 12.8 Å². The minimum absolute atomic E-state index is 0.0278. The number of rotatable bonds is 14. The number of ether oxygens (including phenoxy) is 3. The number of carbonyl (C=O) groups is 1. The van der Waals surface area contributed by atoms with Gasteiger partial charge < -0.3 is 24.4 Å². The van der Waals surface area contributed by atoms with E-state index < -0.39 is 6.16 Å². The number of hydrogen-bond donors (Lipinski definition) is 2. The predicted octanol–water partition coefficient (Wildman–Crippen LogP) is 3.29. The van der Waals surface area contributed by atoms with E-state index in [1.165, 1.54) is 25.7 Å². The van der Waals surface area contributed by atoms with Crippen molar-refractivity contribution in [3.63, 3.8) is 0 Å². The van der Waals surface area contributed by atoms with Crippen molar-refractivity contribution in [1.29, 1.82) is 0 Å². The Labute approximate surface area is 141 Å². The van der Waals surface area contributed by atoms with Crippen molar-refractivity contribution in [1.82, 2.24) is 0 Å². The van der Waals surface area contributed by atoms with Crippen LogP contribution in [0.4, 0.5) is 4.79 Å². The number of aliphatic hydroxyl groups is 2. The molecule has 0 radical (unpaired) electrons. The number of aliphatic hydroxyl groups excluding tert-OH is 2. The van der Waals surface area contributed by atoms with E-state index in [4.69, 9.17) is 19.7 Å². The van der Waals surface area contributed by atoms with Crippen LogP contribution in [0.15, 0.2) is 0 Å². The fourth-order valence-corrected chi connectivity index (χ4v) is 1.64. The molecule has 0 unspecified atom stereocenters. The molecule has 0 saturated heterocycles. The van der Waals surface area contributed by atoms with Gasteiger partial charge in [0, 0.05) is 0 Å². The monoisotopic (exact) mass is 336 g/mol. The van der Waals surface area contributed by atoms with E-state index in [-0.39, 0.29) is 13.2 Å². The van der Waals surface area contributed by atoms with Crippen LogP contribution in [0.5, 0.6) is 0 Å². The third-order valence-electron chi connectivity index (χ3n) is 2.91. The van der Waals surface area contributed by atoms with Crippen LogP contribution in [0.3, 0.4) is 0 Å². The Bertz CT molecular complexity index is 203. The zero-order chi connectivity index (χ0) is 17.6. The average Bonchev–Trinajstić information content (AvgIpc) is 2.55. The third-order valence-corrected chi connectivity index (χ3v) is 2.91. The molecule has 0 heterocycles. The van der Waals surface area contributed by atoms with E-state index in [2.05, 4.69) is 18.6 Å². The Morgan fingerprint density at radius 3 is 1.48 bits per heavy atom. The molecule has 0 bridgehead atoms. The second kappa shape index (κ2) is 23.4. The van der Waals surface area contributed by atoms with Gasteiger partial charge in [-0.15, -0.1) is 0 Å². The molecular weight excluding hydrogens is 300 g/mol. The molecular formula is C17H36O6. The van der Waals surface area contributed by atoms with E-state index >= 15 is 0 Å². The Kier molecular flexibility index (Phi) is 24.8. The summed E-state index contributed by atoms with van der Waals surface area (Å²) in [6, 6.07) is 0. The van der Waals surface area contributed by atoms with Crippen LogP contribution in [-0.2, 0) is 14.2 Å². The first-order valence-corrected chi connectivity index (χ1v) is 8.81. The Hall–Kier alpha value is -0.850. The normalized spacial score (nSPS) is 9.91. The lowest BCUT2D eigenvalue weighted by Gasteiger charge is -2.05. The van der Waals surface area contributed by atoms with E-state index in [0.717, 1.165) is 25.7 Å². The highest BCUT2D eigenvalue weighted by molar-refractivity contribution is 5.59. The first-order chi connectivity index (χ1) is 11.2. The Morgan fingerprint density at radius 1 is 0.696 bits per heavy atom. The molecule has 0 saturated carbocycles. The number of unbranched alkanes of at least 4 members (excludes halogenated alkanes) is 6. The van der Waals surface area contributed by atoms with Crippen molar-refractivity contribution < 1.29 is 29.2 Å². The van der Waals surface area contributed by atoms with Gasteiger partial charge in [0.05, 0.1) is 39.6 Å². The van der Waals surface area contributed by atoms with Crippen LogP contribution >= 0.6 is 0 Å². The van der Waals surface area contributed by atoms with Crippen molar-refractivity contribution in [2.75, 3.05) is 39.6 Å². The van der Waals surface area contributed by atoms with E-state index in [1.807, 2.05) is 0 Å². The lowest BCUT2D eigenvalue weighted by molar-refractivity contribution is 0.0529. The summed E-state index contributed by atoms with van der Waals surface area (Å²) in [7, 11) is 0. The summed E-state index contributed by atoms with van der Waals surface area (Å²) >= 11 is 0. The van der Waals surface area contributed by atoms with Crippen LogP contribution in [0.25, 0.3) is 0 Å². The van der Waals surface area contributed by atoms with Crippen LogP contribution in [-0.4, -0.2) is 56.0 Å². The highest BCUT2D eigenvalue weighted by atomic mass is 16.7. The maximum Gasteiger partial charge on any atom is 0.508 e. The lowest BCUT2D eigenvalue weighted by atomic mass is 10.2. The van der Waals surface area contributed by atoms with Crippen molar-refractivity contribution in [2.24, 2.45) is 0 Å². The summed E-state index contributed by atoms with van der Waals surface area (Å²) < 4.78 is 14.5. The second-order valence-electron chi connectivity index (χ2n) is 5.13. The number of hydrogen-bond acceptors (Lipinski definition) is 6. The molecule has 6 heteroatoms. The molecule has 0 spiro atoms. The molecule has 0 amide bonds. The largest absolute Gasteiger partial charge is 0.508 e. The third kappa shape index (κ3) is 26.4. The van der Waals surface area contributed by atoms with E-state index in [9.17, 15) is 4.79 Å². The molecule has 0 aromatic carbocycles. The summed E-state index contributed by atoms with van der Waals surface area (Å²) in [5, 5.41) is 16.2. The van der Waals surface area contributed by atoms with Gasteiger partial charge in [0.2, 0.25) is 0 Å². The average molecular weight is 336 g/mol. The molecule has 2 N–H and O–H groups in total. The molecule has 140 valence electrons. The molecule has 0 aliphatic rings. The summed E-state index contributed by atoms with van der Waals surface area (Å²) in [5.41, 5.74) is 0. The molecule has 6 nitrogen and oxygen atoms in total. The van der Waals surface area contributed by atoms with Crippen LogP contribution < -0.4 is 0 Å². The van der Waals surface area contributed by atoms with Crippen molar-refractivity contribution in [3.05, 3.63) is 0 Å². The Morgan fingerprint density at radius 2 is 1.13 bits per heavy atom. The second-order valence-corrected chi connectivity index (χ2v) is 5.13. The van der Waals surface area contributed by atoms with Gasteiger partial charge in [-0.2, -0.15) is 0 Å². The maximum absolute atomic E-state index is 11.1. The zero-order valence-corrected chi connectivity index (χ0v) is 14.9. The molecule has 0 aliphatic carbocycles. The van der Waals surface area contributed by atoms with Gasteiger partial charge in [0.15, 0.2) is 0 Å². The van der Waals surface area contributed by atoms with Crippen molar-refractivity contribution >= 4 is 6.16 Å². The first-order valence-electron chi connectivity index (χ1n) is 8.81. The van der Waals surface area contributed by atoms with Gasteiger partial charge in [0.25, 0.3) is 0 Å². The minimum Gasteiger partial charge on any atom is -0.434 e. The van der Waals surface area contributed by atoms with E-state index in [1.54, 1.807) is 0 Å². The van der Waals surface area contributed by atoms with Gasteiger partial charge >= 0.3 is 6.16 Å². The van der Waals surface area contributed by atoms with Crippen LogP contribution in [0, 0.1) is 0 Å². The summed E-state index contributed by atoms with van der Waals surface area (Å²) in [4.78, 5) is 11.1. The minimum atomic E-state index is -0.506. The van der Waals surface area contributed by atoms with Crippen molar-refractivity contribution in [3.8, 4) is 0 Å². The SMILES string of the molecule is CCCCCCOC(=O)OCCCCCC.OCCOCCO. The zero-order valence-electron chi connectivity index (χ0n) is 14.9.